The number of likely N-dealkylation sites (tertiary alicyclic amines) is 1. The van der Waals surface area contributed by atoms with Crippen LogP contribution in [0, 0.1) is 5.41 Å². The summed E-state index contributed by atoms with van der Waals surface area (Å²) >= 11 is 0. The van der Waals surface area contributed by atoms with Gasteiger partial charge in [-0.2, -0.15) is 0 Å². The minimum absolute atomic E-state index is 0.0149. The SMILES string of the molecule is CN1CCC2(CCCCC2=O)C12C(=O)Nc1ccccc12. The summed E-state index contributed by atoms with van der Waals surface area (Å²) in [4.78, 5) is 28.0. The zero-order chi connectivity index (χ0) is 14.7. The summed E-state index contributed by atoms with van der Waals surface area (Å²) in [5.41, 5.74) is 0.539. The van der Waals surface area contributed by atoms with E-state index in [-0.39, 0.29) is 11.7 Å². The zero-order valence-electron chi connectivity index (χ0n) is 12.3. The van der Waals surface area contributed by atoms with Crippen LogP contribution in [0.25, 0.3) is 0 Å². The van der Waals surface area contributed by atoms with E-state index in [2.05, 4.69) is 10.2 Å². The molecule has 3 aliphatic rings. The lowest BCUT2D eigenvalue weighted by Gasteiger charge is -2.45. The van der Waals surface area contributed by atoms with Crippen LogP contribution in [0.3, 0.4) is 0 Å². The number of carbonyl (C=O) groups excluding carboxylic acids is 2. The number of anilines is 1. The fourth-order valence-electron chi connectivity index (χ4n) is 4.91. The van der Waals surface area contributed by atoms with Gasteiger partial charge in [0, 0.05) is 24.2 Å². The zero-order valence-corrected chi connectivity index (χ0v) is 12.3. The molecule has 2 aliphatic heterocycles. The van der Waals surface area contributed by atoms with Gasteiger partial charge in [-0.3, -0.25) is 14.5 Å². The molecule has 1 amide bonds. The summed E-state index contributed by atoms with van der Waals surface area (Å²) in [5.74, 6) is 0.268. The molecule has 1 aromatic rings. The van der Waals surface area contributed by atoms with E-state index in [1.54, 1.807) is 0 Å². The van der Waals surface area contributed by atoms with Crippen LogP contribution >= 0.6 is 0 Å². The van der Waals surface area contributed by atoms with Crippen molar-refractivity contribution in [1.82, 2.24) is 4.90 Å². The second-order valence-corrected chi connectivity index (χ2v) is 6.59. The topological polar surface area (TPSA) is 49.4 Å². The van der Waals surface area contributed by atoms with Gasteiger partial charge in [-0.05, 0) is 32.4 Å². The first kappa shape index (κ1) is 13.0. The predicted molar refractivity (Wildman–Crippen MR) is 79.9 cm³/mol. The Hall–Kier alpha value is -1.68. The molecule has 2 spiro atoms. The third-order valence-corrected chi connectivity index (χ3v) is 5.82. The Balaban J connectivity index is 1.99. The van der Waals surface area contributed by atoms with Gasteiger partial charge >= 0.3 is 0 Å². The average Bonchev–Trinajstić information content (AvgIpc) is 2.95. The van der Waals surface area contributed by atoms with Gasteiger partial charge in [0.15, 0.2) is 0 Å². The van der Waals surface area contributed by atoms with Crippen LogP contribution in [0.4, 0.5) is 5.69 Å². The molecule has 1 saturated carbocycles. The lowest BCUT2D eigenvalue weighted by molar-refractivity contribution is -0.147. The molecule has 1 aliphatic carbocycles. The van der Waals surface area contributed by atoms with Gasteiger partial charge in [0.25, 0.3) is 5.91 Å². The Morgan fingerprint density at radius 3 is 2.76 bits per heavy atom. The van der Waals surface area contributed by atoms with Crippen molar-refractivity contribution in [3.8, 4) is 0 Å². The third-order valence-electron chi connectivity index (χ3n) is 5.82. The molecule has 4 rings (SSSR count). The van der Waals surface area contributed by atoms with Gasteiger partial charge in [-0.1, -0.05) is 24.6 Å². The highest BCUT2D eigenvalue weighted by atomic mass is 16.2. The first-order chi connectivity index (χ1) is 10.1. The van der Waals surface area contributed by atoms with Crippen LogP contribution < -0.4 is 5.32 Å². The Kier molecular flexibility index (Phi) is 2.58. The van der Waals surface area contributed by atoms with Crippen molar-refractivity contribution in [2.45, 2.75) is 37.6 Å². The maximum Gasteiger partial charge on any atom is 0.250 e. The number of nitrogens with one attached hydrogen (secondary N) is 1. The average molecular weight is 284 g/mol. The number of ketones is 1. The van der Waals surface area contributed by atoms with Crippen molar-refractivity contribution in [2.75, 3.05) is 18.9 Å². The number of amides is 1. The van der Waals surface area contributed by atoms with E-state index in [1.165, 1.54) is 0 Å². The Labute approximate surface area is 124 Å². The van der Waals surface area contributed by atoms with Crippen LogP contribution in [0.5, 0.6) is 0 Å². The summed E-state index contributed by atoms with van der Waals surface area (Å²) in [7, 11) is 1.98. The van der Waals surface area contributed by atoms with E-state index < -0.39 is 11.0 Å². The van der Waals surface area contributed by atoms with E-state index >= 15 is 0 Å². The summed E-state index contributed by atoms with van der Waals surface area (Å²) in [5, 5.41) is 3.02. The number of fused-ring (bicyclic) bond motifs is 3. The van der Waals surface area contributed by atoms with Gasteiger partial charge in [0.05, 0.1) is 5.41 Å². The summed E-state index contributed by atoms with van der Waals surface area (Å²) in [6.07, 6.45) is 4.24. The van der Waals surface area contributed by atoms with Gasteiger partial charge < -0.3 is 5.32 Å². The molecule has 0 radical (unpaired) electrons. The lowest BCUT2D eigenvalue weighted by atomic mass is 9.59. The lowest BCUT2D eigenvalue weighted by Crippen LogP contribution is -2.58. The van der Waals surface area contributed by atoms with Crippen LogP contribution in [0.2, 0.25) is 0 Å². The van der Waals surface area contributed by atoms with Crippen molar-refractivity contribution < 1.29 is 9.59 Å². The molecule has 2 heterocycles. The maximum absolute atomic E-state index is 13.0. The quantitative estimate of drug-likeness (QED) is 0.795. The number of hydrogen-bond donors (Lipinski definition) is 1. The van der Waals surface area contributed by atoms with Crippen molar-refractivity contribution in [1.29, 1.82) is 0 Å². The summed E-state index contributed by atoms with van der Waals surface area (Å²) in [6, 6.07) is 7.85. The molecule has 1 N–H and O–H groups in total. The molecule has 2 fully saturated rings. The molecular weight excluding hydrogens is 264 g/mol. The fourth-order valence-corrected chi connectivity index (χ4v) is 4.91. The van der Waals surface area contributed by atoms with E-state index in [0.717, 1.165) is 43.5 Å². The molecular formula is C17H20N2O2. The minimum Gasteiger partial charge on any atom is -0.324 e. The molecule has 110 valence electrons. The Morgan fingerprint density at radius 2 is 1.95 bits per heavy atom. The minimum atomic E-state index is -0.791. The highest BCUT2D eigenvalue weighted by Crippen LogP contribution is 2.60. The molecule has 1 aromatic carbocycles. The first-order valence-corrected chi connectivity index (χ1v) is 7.78. The monoisotopic (exact) mass is 284 g/mol. The number of nitrogens with zero attached hydrogens (tertiary/aromatic N) is 1. The number of likely N-dealkylation sites (N-methyl/N-ethyl adjacent to an activating group) is 1. The van der Waals surface area contributed by atoms with E-state index in [9.17, 15) is 9.59 Å². The largest absolute Gasteiger partial charge is 0.324 e. The van der Waals surface area contributed by atoms with Gasteiger partial charge in [-0.15, -0.1) is 0 Å². The van der Waals surface area contributed by atoms with Gasteiger partial charge in [-0.25, -0.2) is 0 Å². The number of carbonyl (C=O) groups is 2. The Morgan fingerprint density at radius 1 is 1.14 bits per heavy atom. The van der Waals surface area contributed by atoms with Crippen LogP contribution in [-0.4, -0.2) is 30.2 Å². The van der Waals surface area contributed by atoms with Crippen LogP contribution in [0.1, 0.15) is 37.7 Å². The maximum atomic E-state index is 13.0. The first-order valence-electron chi connectivity index (χ1n) is 7.78. The number of hydrogen-bond acceptors (Lipinski definition) is 3. The number of rotatable bonds is 0. The molecule has 1 saturated heterocycles. The number of Topliss-reactive ketones (excluding diaryl/α,β-unsaturated/α-hetero) is 1. The number of benzene rings is 1. The van der Waals surface area contributed by atoms with E-state index in [1.807, 2.05) is 31.3 Å². The Bertz CT molecular complexity index is 637. The molecule has 2 unspecified atom stereocenters. The summed E-state index contributed by atoms with van der Waals surface area (Å²) < 4.78 is 0. The fraction of sp³-hybridized carbons (Fsp3) is 0.529. The second-order valence-electron chi connectivity index (χ2n) is 6.59. The highest BCUT2D eigenvalue weighted by Gasteiger charge is 2.69. The normalized spacial score (nSPS) is 35.5. The molecule has 21 heavy (non-hydrogen) atoms. The second kappa shape index (κ2) is 4.17. The van der Waals surface area contributed by atoms with Crippen LogP contribution in [0.15, 0.2) is 24.3 Å². The standard InChI is InChI=1S/C17H20N2O2/c1-19-11-10-16(9-5-4-8-14(16)20)17(19)12-6-2-3-7-13(12)18-15(17)21/h2-3,6-7H,4-5,8-11H2,1H3,(H,18,21). The van der Waals surface area contributed by atoms with Crippen molar-refractivity contribution in [3.05, 3.63) is 29.8 Å². The van der Waals surface area contributed by atoms with Crippen molar-refractivity contribution in [3.63, 3.8) is 0 Å². The van der Waals surface area contributed by atoms with E-state index in [0.29, 0.717) is 6.42 Å². The highest BCUT2D eigenvalue weighted by molar-refractivity contribution is 6.10. The molecule has 0 aromatic heterocycles. The van der Waals surface area contributed by atoms with Crippen molar-refractivity contribution >= 4 is 17.4 Å². The molecule has 2 atom stereocenters. The third kappa shape index (κ3) is 1.34. The van der Waals surface area contributed by atoms with Crippen molar-refractivity contribution in [2.24, 2.45) is 5.41 Å². The predicted octanol–water partition coefficient (Wildman–Crippen LogP) is 2.30. The summed E-state index contributed by atoms with van der Waals surface area (Å²) in [6.45, 7) is 0.799. The van der Waals surface area contributed by atoms with Gasteiger partial charge in [0.1, 0.15) is 11.3 Å². The van der Waals surface area contributed by atoms with Crippen LogP contribution in [-0.2, 0) is 15.1 Å². The molecule has 4 nitrogen and oxygen atoms in total. The van der Waals surface area contributed by atoms with E-state index in [4.69, 9.17) is 0 Å². The van der Waals surface area contributed by atoms with Gasteiger partial charge in [0.2, 0.25) is 0 Å². The molecule has 4 heteroatoms. The molecule has 0 bridgehead atoms. The number of para-hydroxylation sites is 1. The smallest absolute Gasteiger partial charge is 0.250 e.